The number of β-amino-alcohol motifs (C(OH)–C–C–N with tert-alkyl or cyclic N) is 1. The summed E-state index contributed by atoms with van der Waals surface area (Å²) in [6, 6.07) is 0. The molecule has 0 aromatic heterocycles. The van der Waals surface area contributed by atoms with Gasteiger partial charge in [-0.1, -0.05) is 19.8 Å². The predicted molar refractivity (Wildman–Crippen MR) is 63.9 cm³/mol. The molecule has 2 unspecified atom stereocenters. The van der Waals surface area contributed by atoms with Crippen LogP contribution in [0.2, 0.25) is 0 Å². The molecule has 4 nitrogen and oxygen atoms in total. The van der Waals surface area contributed by atoms with Crippen molar-refractivity contribution in [2.24, 2.45) is 11.7 Å². The normalized spacial score (nSPS) is 24.3. The molecule has 0 aromatic carbocycles. The summed E-state index contributed by atoms with van der Waals surface area (Å²) >= 11 is 0. The minimum absolute atomic E-state index is 0.172. The number of hydrogen-bond donors (Lipinski definition) is 2. The van der Waals surface area contributed by atoms with Crippen LogP contribution < -0.4 is 5.73 Å². The molecule has 1 aliphatic rings. The number of nitrogens with two attached hydrogens (primary N) is 1. The Hall–Kier alpha value is -0.610. The Morgan fingerprint density at radius 1 is 1.56 bits per heavy atom. The molecule has 94 valence electrons. The average Bonchev–Trinajstić information content (AvgIpc) is 2.44. The van der Waals surface area contributed by atoms with E-state index in [1.165, 1.54) is 12.8 Å². The summed E-state index contributed by atoms with van der Waals surface area (Å²) in [5.74, 6) is 0.847. The van der Waals surface area contributed by atoms with Crippen molar-refractivity contribution in [1.29, 1.82) is 0 Å². The van der Waals surface area contributed by atoms with Crippen LogP contribution in [0.3, 0.4) is 0 Å². The third kappa shape index (κ3) is 4.10. The number of likely N-dealkylation sites (tertiary alicyclic amines) is 1. The van der Waals surface area contributed by atoms with Gasteiger partial charge in [0.05, 0.1) is 6.10 Å². The van der Waals surface area contributed by atoms with Gasteiger partial charge >= 0.3 is 0 Å². The van der Waals surface area contributed by atoms with E-state index in [1.54, 1.807) is 4.90 Å². The number of amides is 1. The highest BCUT2D eigenvalue weighted by atomic mass is 16.3. The molecule has 1 saturated heterocycles. The summed E-state index contributed by atoms with van der Waals surface area (Å²) in [7, 11) is 0. The van der Waals surface area contributed by atoms with Crippen LogP contribution in [-0.4, -0.2) is 41.7 Å². The number of aliphatic hydroxyl groups excluding tert-OH is 1. The lowest BCUT2D eigenvalue weighted by Gasteiger charge is -2.23. The second kappa shape index (κ2) is 6.86. The van der Waals surface area contributed by atoms with Crippen LogP contribution in [0.1, 0.15) is 39.0 Å². The van der Waals surface area contributed by atoms with E-state index in [0.717, 1.165) is 19.4 Å². The molecule has 0 bridgehead atoms. The first-order chi connectivity index (χ1) is 7.67. The molecule has 1 rings (SSSR count). The first-order valence-corrected chi connectivity index (χ1v) is 6.33. The highest BCUT2D eigenvalue weighted by Gasteiger charge is 2.23. The second-order valence-corrected chi connectivity index (χ2v) is 4.71. The number of aliphatic hydroxyl groups is 1. The van der Waals surface area contributed by atoms with E-state index in [4.69, 9.17) is 5.73 Å². The molecule has 1 amide bonds. The second-order valence-electron chi connectivity index (χ2n) is 4.71. The van der Waals surface area contributed by atoms with Gasteiger partial charge in [0.25, 0.3) is 0 Å². The van der Waals surface area contributed by atoms with Crippen molar-refractivity contribution in [3.63, 3.8) is 0 Å². The van der Waals surface area contributed by atoms with Crippen LogP contribution >= 0.6 is 0 Å². The fourth-order valence-electron chi connectivity index (χ4n) is 2.31. The van der Waals surface area contributed by atoms with E-state index in [0.29, 0.717) is 18.9 Å². The molecular formula is C12H24N2O2. The molecule has 1 fully saturated rings. The van der Waals surface area contributed by atoms with Crippen LogP contribution in [-0.2, 0) is 4.79 Å². The smallest absolute Gasteiger partial charge is 0.222 e. The Morgan fingerprint density at radius 3 is 2.94 bits per heavy atom. The van der Waals surface area contributed by atoms with E-state index in [1.807, 2.05) is 0 Å². The van der Waals surface area contributed by atoms with Gasteiger partial charge in [-0.15, -0.1) is 0 Å². The van der Waals surface area contributed by atoms with Crippen molar-refractivity contribution >= 4 is 5.91 Å². The molecule has 0 radical (unpaired) electrons. The quantitative estimate of drug-likeness (QED) is 0.729. The van der Waals surface area contributed by atoms with E-state index >= 15 is 0 Å². The van der Waals surface area contributed by atoms with Crippen molar-refractivity contribution in [2.75, 3.05) is 19.6 Å². The number of carbonyl (C=O) groups excluding carboxylic acids is 1. The van der Waals surface area contributed by atoms with Gasteiger partial charge in [-0.25, -0.2) is 0 Å². The summed E-state index contributed by atoms with van der Waals surface area (Å²) in [6.07, 6.45) is 4.51. The van der Waals surface area contributed by atoms with Gasteiger partial charge < -0.3 is 15.7 Å². The zero-order chi connectivity index (χ0) is 12.0. The van der Waals surface area contributed by atoms with E-state index in [-0.39, 0.29) is 12.5 Å². The number of carbonyl (C=O) groups is 1. The topological polar surface area (TPSA) is 66.6 Å². The van der Waals surface area contributed by atoms with Crippen molar-refractivity contribution in [3.05, 3.63) is 0 Å². The number of hydrogen-bond acceptors (Lipinski definition) is 3. The lowest BCUT2D eigenvalue weighted by molar-refractivity contribution is -0.132. The van der Waals surface area contributed by atoms with Crippen molar-refractivity contribution in [3.8, 4) is 0 Å². The Labute approximate surface area is 97.8 Å². The van der Waals surface area contributed by atoms with Gasteiger partial charge in [-0.2, -0.15) is 0 Å². The standard InChI is InChI=1S/C12H24N2O2/c1-2-3-10-4-5-12(16)14(7-6-10)9-11(15)8-13/h10-11,15H,2-9,13H2,1H3. The fourth-order valence-corrected chi connectivity index (χ4v) is 2.31. The minimum atomic E-state index is -0.577. The maximum Gasteiger partial charge on any atom is 0.222 e. The SMILES string of the molecule is CCCC1CCC(=O)N(CC(O)CN)CC1. The first kappa shape index (κ1) is 13.5. The summed E-state index contributed by atoms with van der Waals surface area (Å²) in [6.45, 7) is 3.58. The Kier molecular flexibility index (Phi) is 5.77. The van der Waals surface area contributed by atoms with Gasteiger partial charge in [0, 0.05) is 26.1 Å². The van der Waals surface area contributed by atoms with Crippen LogP contribution in [0.5, 0.6) is 0 Å². The number of rotatable bonds is 5. The van der Waals surface area contributed by atoms with Crippen molar-refractivity contribution in [1.82, 2.24) is 4.90 Å². The molecule has 0 aliphatic carbocycles. The van der Waals surface area contributed by atoms with Crippen LogP contribution in [0.4, 0.5) is 0 Å². The molecule has 0 saturated carbocycles. The summed E-state index contributed by atoms with van der Waals surface area (Å²) in [4.78, 5) is 13.6. The largest absolute Gasteiger partial charge is 0.390 e. The molecule has 0 aromatic rings. The minimum Gasteiger partial charge on any atom is -0.390 e. The molecule has 4 heteroatoms. The molecule has 2 atom stereocenters. The molecular weight excluding hydrogens is 204 g/mol. The lowest BCUT2D eigenvalue weighted by atomic mass is 9.96. The molecule has 3 N–H and O–H groups in total. The highest BCUT2D eigenvalue weighted by molar-refractivity contribution is 5.76. The lowest BCUT2D eigenvalue weighted by Crippen LogP contribution is -2.40. The van der Waals surface area contributed by atoms with Gasteiger partial charge in [0.1, 0.15) is 0 Å². The third-order valence-electron chi connectivity index (χ3n) is 3.33. The zero-order valence-electron chi connectivity index (χ0n) is 10.2. The fraction of sp³-hybridized carbons (Fsp3) is 0.917. The Balaban J connectivity index is 2.44. The van der Waals surface area contributed by atoms with E-state index < -0.39 is 6.10 Å². The van der Waals surface area contributed by atoms with Crippen LogP contribution in [0.25, 0.3) is 0 Å². The number of nitrogens with zero attached hydrogens (tertiary/aromatic N) is 1. The van der Waals surface area contributed by atoms with E-state index in [9.17, 15) is 9.90 Å². The van der Waals surface area contributed by atoms with Gasteiger partial charge in [0.15, 0.2) is 0 Å². The van der Waals surface area contributed by atoms with Crippen molar-refractivity contribution < 1.29 is 9.90 Å². The summed E-state index contributed by atoms with van der Waals surface area (Å²) in [5.41, 5.74) is 5.36. The Morgan fingerprint density at radius 2 is 2.31 bits per heavy atom. The van der Waals surface area contributed by atoms with Crippen molar-refractivity contribution in [2.45, 2.75) is 45.1 Å². The van der Waals surface area contributed by atoms with E-state index in [2.05, 4.69) is 6.92 Å². The maximum atomic E-state index is 11.8. The summed E-state index contributed by atoms with van der Waals surface area (Å²) < 4.78 is 0. The monoisotopic (exact) mass is 228 g/mol. The average molecular weight is 228 g/mol. The van der Waals surface area contributed by atoms with Gasteiger partial charge in [0.2, 0.25) is 5.91 Å². The van der Waals surface area contributed by atoms with Crippen LogP contribution in [0.15, 0.2) is 0 Å². The maximum absolute atomic E-state index is 11.8. The third-order valence-corrected chi connectivity index (χ3v) is 3.33. The van der Waals surface area contributed by atoms with Gasteiger partial charge in [-0.3, -0.25) is 4.79 Å². The molecule has 16 heavy (non-hydrogen) atoms. The summed E-state index contributed by atoms with van der Waals surface area (Å²) in [5, 5.41) is 9.47. The molecule has 0 spiro atoms. The predicted octanol–water partition coefficient (Wildman–Crippen LogP) is 0.735. The molecule has 1 heterocycles. The van der Waals surface area contributed by atoms with Gasteiger partial charge in [-0.05, 0) is 18.8 Å². The Bertz CT molecular complexity index is 221. The zero-order valence-corrected chi connectivity index (χ0v) is 10.2. The molecule has 1 aliphatic heterocycles. The first-order valence-electron chi connectivity index (χ1n) is 6.33. The van der Waals surface area contributed by atoms with Crippen LogP contribution in [0, 0.1) is 5.92 Å². The highest BCUT2D eigenvalue weighted by Crippen LogP contribution is 2.22.